The molecule has 1 heterocycles. The summed E-state index contributed by atoms with van der Waals surface area (Å²) in [7, 11) is 3.62. The normalized spacial score (nSPS) is 21.7. The lowest BCUT2D eigenvalue weighted by molar-refractivity contribution is -0.0447. The van der Waals surface area contributed by atoms with E-state index >= 15 is 0 Å². The van der Waals surface area contributed by atoms with Crippen LogP contribution in [0.1, 0.15) is 18.5 Å². The predicted octanol–water partition coefficient (Wildman–Crippen LogP) is 2.33. The zero-order chi connectivity index (χ0) is 14.5. The van der Waals surface area contributed by atoms with Gasteiger partial charge in [-0.2, -0.15) is 0 Å². The van der Waals surface area contributed by atoms with Crippen molar-refractivity contribution in [3.05, 3.63) is 28.8 Å². The lowest BCUT2D eigenvalue weighted by Gasteiger charge is -2.37. The van der Waals surface area contributed by atoms with Crippen LogP contribution in [-0.2, 0) is 4.74 Å². The Morgan fingerprint density at radius 3 is 3.00 bits per heavy atom. The molecule has 0 bridgehead atoms. The van der Waals surface area contributed by atoms with Crippen LogP contribution in [0.25, 0.3) is 0 Å². The molecule has 2 atom stereocenters. The highest BCUT2D eigenvalue weighted by molar-refractivity contribution is 6.30. The van der Waals surface area contributed by atoms with Crippen LogP contribution < -0.4 is 10.1 Å². The second kappa shape index (κ2) is 7.27. The van der Waals surface area contributed by atoms with Crippen LogP contribution in [0.15, 0.2) is 18.2 Å². The Morgan fingerprint density at radius 2 is 2.35 bits per heavy atom. The van der Waals surface area contributed by atoms with Crippen molar-refractivity contribution in [2.45, 2.75) is 19.1 Å². The van der Waals surface area contributed by atoms with Crippen LogP contribution in [-0.4, -0.2) is 51.4 Å². The maximum Gasteiger partial charge on any atom is 0.123 e. The van der Waals surface area contributed by atoms with Crippen LogP contribution in [0, 0.1) is 0 Å². The minimum Gasteiger partial charge on any atom is -0.496 e. The second-order valence-electron chi connectivity index (χ2n) is 4.96. The molecule has 1 fully saturated rings. The first-order valence-corrected chi connectivity index (χ1v) is 7.42. The van der Waals surface area contributed by atoms with Crippen LogP contribution in [0.3, 0.4) is 0 Å². The zero-order valence-corrected chi connectivity index (χ0v) is 13.1. The molecule has 0 aromatic heterocycles. The van der Waals surface area contributed by atoms with Gasteiger partial charge in [0.05, 0.1) is 25.9 Å². The first-order valence-electron chi connectivity index (χ1n) is 7.04. The molecule has 0 radical (unpaired) electrons. The SMILES string of the molecule is CCN1CCOC(C(NC)c2cc(Cl)ccc2OC)C1. The summed E-state index contributed by atoms with van der Waals surface area (Å²) >= 11 is 6.14. The molecule has 20 heavy (non-hydrogen) atoms. The lowest BCUT2D eigenvalue weighted by Crippen LogP contribution is -2.47. The minimum atomic E-state index is 0.0676. The number of hydrogen-bond donors (Lipinski definition) is 1. The highest BCUT2D eigenvalue weighted by Crippen LogP contribution is 2.32. The summed E-state index contributed by atoms with van der Waals surface area (Å²) in [5.41, 5.74) is 1.05. The average Bonchev–Trinajstić information content (AvgIpc) is 2.48. The fourth-order valence-corrected chi connectivity index (χ4v) is 2.89. The molecule has 1 aliphatic rings. The number of nitrogens with zero attached hydrogens (tertiary/aromatic N) is 1. The highest BCUT2D eigenvalue weighted by Gasteiger charge is 2.29. The van der Waals surface area contributed by atoms with Gasteiger partial charge in [0.1, 0.15) is 5.75 Å². The van der Waals surface area contributed by atoms with E-state index in [1.54, 1.807) is 7.11 Å². The van der Waals surface area contributed by atoms with Crippen LogP contribution in [0.2, 0.25) is 5.02 Å². The van der Waals surface area contributed by atoms with Gasteiger partial charge in [0, 0.05) is 23.7 Å². The molecular formula is C15H23ClN2O2. The van der Waals surface area contributed by atoms with Crippen LogP contribution in [0.4, 0.5) is 0 Å². The number of hydrogen-bond acceptors (Lipinski definition) is 4. The Kier molecular flexibility index (Phi) is 5.66. The number of likely N-dealkylation sites (N-methyl/N-ethyl adjacent to an activating group) is 2. The summed E-state index contributed by atoms with van der Waals surface area (Å²) in [6.07, 6.45) is 0.0982. The standard InChI is InChI=1S/C15H23ClN2O2/c1-4-18-7-8-20-14(10-18)15(17-2)12-9-11(16)5-6-13(12)19-3/h5-6,9,14-15,17H,4,7-8,10H2,1-3H3. The number of halogens is 1. The molecule has 2 rings (SSSR count). The third-order valence-corrected chi connectivity index (χ3v) is 4.07. The summed E-state index contributed by atoms with van der Waals surface area (Å²) in [6, 6.07) is 5.77. The van der Waals surface area contributed by atoms with Crippen molar-refractivity contribution < 1.29 is 9.47 Å². The van der Waals surface area contributed by atoms with Crippen molar-refractivity contribution in [1.82, 2.24) is 10.2 Å². The second-order valence-corrected chi connectivity index (χ2v) is 5.39. The zero-order valence-electron chi connectivity index (χ0n) is 12.4. The number of benzene rings is 1. The highest BCUT2D eigenvalue weighted by atomic mass is 35.5. The van der Waals surface area contributed by atoms with Gasteiger partial charge in [0.15, 0.2) is 0 Å². The van der Waals surface area contributed by atoms with Crippen molar-refractivity contribution >= 4 is 11.6 Å². The Bertz CT molecular complexity index is 442. The van der Waals surface area contributed by atoms with E-state index in [1.807, 2.05) is 25.2 Å². The molecule has 1 N–H and O–H groups in total. The summed E-state index contributed by atoms with van der Waals surface area (Å²) in [5, 5.41) is 4.06. The van der Waals surface area contributed by atoms with Gasteiger partial charge in [-0.05, 0) is 31.8 Å². The Labute approximate surface area is 126 Å². The van der Waals surface area contributed by atoms with E-state index in [9.17, 15) is 0 Å². The fraction of sp³-hybridized carbons (Fsp3) is 0.600. The van der Waals surface area contributed by atoms with E-state index in [2.05, 4.69) is 17.1 Å². The topological polar surface area (TPSA) is 33.7 Å². The van der Waals surface area contributed by atoms with Gasteiger partial charge in [-0.25, -0.2) is 0 Å². The third-order valence-electron chi connectivity index (χ3n) is 3.83. The minimum absolute atomic E-state index is 0.0676. The monoisotopic (exact) mass is 298 g/mol. The predicted molar refractivity (Wildman–Crippen MR) is 81.7 cm³/mol. The molecule has 112 valence electrons. The number of methoxy groups -OCH3 is 1. The van der Waals surface area contributed by atoms with Crippen LogP contribution in [0.5, 0.6) is 5.75 Å². The van der Waals surface area contributed by atoms with E-state index < -0.39 is 0 Å². The van der Waals surface area contributed by atoms with Crippen molar-refractivity contribution in [3.8, 4) is 5.75 Å². The summed E-state index contributed by atoms with van der Waals surface area (Å²) in [5.74, 6) is 0.839. The molecule has 0 amide bonds. The molecule has 5 heteroatoms. The number of nitrogens with one attached hydrogen (secondary N) is 1. The van der Waals surface area contributed by atoms with E-state index in [0.29, 0.717) is 5.02 Å². The van der Waals surface area contributed by atoms with Gasteiger partial charge >= 0.3 is 0 Å². The molecule has 1 saturated heterocycles. The maximum atomic E-state index is 6.14. The average molecular weight is 299 g/mol. The van der Waals surface area contributed by atoms with Gasteiger partial charge in [-0.3, -0.25) is 4.90 Å². The van der Waals surface area contributed by atoms with Crippen molar-refractivity contribution in [2.24, 2.45) is 0 Å². The molecule has 0 spiro atoms. The Hall–Kier alpha value is -0.810. The molecule has 1 aliphatic heterocycles. The van der Waals surface area contributed by atoms with E-state index in [0.717, 1.165) is 37.6 Å². The van der Waals surface area contributed by atoms with Crippen LogP contribution >= 0.6 is 11.6 Å². The van der Waals surface area contributed by atoms with Crippen molar-refractivity contribution in [3.63, 3.8) is 0 Å². The first-order chi connectivity index (χ1) is 9.69. The lowest BCUT2D eigenvalue weighted by atomic mass is 9.99. The molecular weight excluding hydrogens is 276 g/mol. The number of ether oxygens (including phenoxy) is 2. The Morgan fingerprint density at radius 1 is 1.55 bits per heavy atom. The summed E-state index contributed by atoms with van der Waals surface area (Å²) < 4.78 is 11.4. The maximum absolute atomic E-state index is 6.14. The summed E-state index contributed by atoms with van der Waals surface area (Å²) in [4.78, 5) is 2.40. The quantitative estimate of drug-likeness (QED) is 0.905. The van der Waals surface area contributed by atoms with Crippen molar-refractivity contribution in [2.75, 3.05) is 40.4 Å². The van der Waals surface area contributed by atoms with Gasteiger partial charge in [0.2, 0.25) is 0 Å². The van der Waals surface area contributed by atoms with Gasteiger partial charge in [0.25, 0.3) is 0 Å². The molecule has 4 nitrogen and oxygen atoms in total. The van der Waals surface area contributed by atoms with E-state index in [4.69, 9.17) is 21.1 Å². The molecule has 1 aromatic rings. The molecule has 2 unspecified atom stereocenters. The third kappa shape index (κ3) is 3.44. The van der Waals surface area contributed by atoms with Gasteiger partial charge in [-0.1, -0.05) is 18.5 Å². The van der Waals surface area contributed by atoms with Gasteiger partial charge < -0.3 is 14.8 Å². The largest absolute Gasteiger partial charge is 0.496 e. The number of rotatable bonds is 5. The van der Waals surface area contributed by atoms with E-state index in [1.165, 1.54) is 0 Å². The molecule has 0 aliphatic carbocycles. The van der Waals surface area contributed by atoms with Gasteiger partial charge in [-0.15, -0.1) is 0 Å². The molecule has 0 saturated carbocycles. The summed E-state index contributed by atoms with van der Waals surface area (Å²) in [6.45, 7) is 5.90. The smallest absolute Gasteiger partial charge is 0.123 e. The Balaban J connectivity index is 2.25. The van der Waals surface area contributed by atoms with E-state index in [-0.39, 0.29) is 12.1 Å². The first kappa shape index (κ1) is 15.6. The van der Waals surface area contributed by atoms with Crippen molar-refractivity contribution in [1.29, 1.82) is 0 Å². The fourth-order valence-electron chi connectivity index (χ4n) is 2.71. The number of morpholine rings is 1. The molecule has 1 aromatic carbocycles.